The zero-order valence-corrected chi connectivity index (χ0v) is 13.1. The van der Waals surface area contributed by atoms with E-state index in [1.807, 2.05) is 0 Å². The van der Waals surface area contributed by atoms with Crippen molar-refractivity contribution in [2.75, 3.05) is 5.32 Å². The molecule has 1 rings (SSSR count). The van der Waals surface area contributed by atoms with Crippen molar-refractivity contribution in [2.45, 2.75) is 36.0 Å². The minimum Gasteiger partial charge on any atom is -0.296 e. The summed E-state index contributed by atoms with van der Waals surface area (Å²) in [5, 5.41) is -4.89. The van der Waals surface area contributed by atoms with Crippen molar-refractivity contribution in [3.05, 3.63) is 11.1 Å². The number of rotatable bonds is 6. The Kier molecular flexibility index (Phi) is 5.34. The molecule has 1 aromatic heterocycles. The summed E-state index contributed by atoms with van der Waals surface area (Å²) in [6.45, 7) is 1.29. The Balaban J connectivity index is 3.26. The summed E-state index contributed by atoms with van der Waals surface area (Å²) in [6.07, 6.45) is 0. The maximum atomic E-state index is 13.4. The number of nitrogens with zero attached hydrogens (tertiary/aromatic N) is 1. The van der Waals surface area contributed by atoms with Gasteiger partial charge < -0.3 is 0 Å². The molecule has 0 saturated heterocycles. The number of halogens is 11. The fraction of sp³-hybridized carbons (Fsp3) is 0.600. The largest absolute Gasteiger partial charge is 0.393 e. The summed E-state index contributed by atoms with van der Waals surface area (Å²) in [7, 11) is 0. The van der Waals surface area contributed by atoms with Crippen LogP contribution in [0, 0.1) is 6.92 Å². The van der Waals surface area contributed by atoms with Crippen LogP contribution in [0.1, 0.15) is 5.69 Å². The SMILES string of the molecule is Cc1csc(NC(=O)C(F)(F)C(F)(F)C(F)(F)C(F)(F)C(F)(F)Cl)n1. The Labute approximate surface area is 141 Å². The second kappa shape index (κ2) is 6.14. The van der Waals surface area contributed by atoms with Gasteiger partial charge in [-0.25, -0.2) is 4.98 Å². The zero-order valence-electron chi connectivity index (χ0n) is 11.5. The Hall–Kier alpha value is -1.31. The van der Waals surface area contributed by atoms with Crippen LogP contribution in [0.3, 0.4) is 0 Å². The predicted octanol–water partition coefficient (Wildman–Crippen LogP) is 4.76. The summed E-state index contributed by atoms with van der Waals surface area (Å²) in [4.78, 5) is 14.5. The van der Waals surface area contributed by atoms with Crippen molar-refractivity contribution in [2.24, 2.45) is 0 Å². The maximum Gasteiger partial charge on any atom is 0.393 e. The number of carbonyl (C=O) groups is 1. The van der Waals surface area contributed by atoms with Crippen LogP contribution >= 0.6 is 22.9 Å². The number of nitrogens with one attached hydrogen (secondary N) is 1. The zero-order chi connectivity index (χ0) is 20.1. The molecule has 25 heavy (non-hydrogen) atoms. The lowest BCUT2D eigenvalue weighted by molar-refractivity contribution is -0.381. The molecule has 0 aliphatic heterocycles. The summed E-state index contributed by atoms with van der Waals surface area (Å²) in [6, 6.07) is 0. The number of aromatic nitrogens is 1. The third kappa shape index (κ3) is 3.37. The standard InChI is InChI=1S/C10H5ClF10N2OS/c1-3-2-25-5(22-3)23-4(24)6(12,13)7(14,15)8(16,17)9(18,19)10(11,20)21/h2H,1H3,(H,22,23,24). The van der Waals surface area contributed by atoms with Crippen LogP contribution in [-0.2, 0) is 4.79 Å². The number of carbonyl (C=O) groups excluding carboxylic acids is 1. The average molecular weight is 427 g/mol. The van der Waals surface area contributed by atoms with Crippen molar-refractivity contribution in [3.8, 4) is 0 Å². The van der Waals surface area contributed by atoms with E-state index in [2.05, 4.69) is 16.6 Å². The highest BCUT2D eigenvalue weighted by Crippen LogP contribution is 2.58. The molecule has 144 valence electrons. The van der Waals surface area contributed by atoms with E-state index in [-0.39, 0.29) is 5.69 Å². The van der Waals surface area contributed by atoms with Gasteiger partial charge in [-0.15, -0.1) is 11.3 Å². The van der Waals surface area contributed by atoms with E-state index in [0.717, 1.165) is 10.7 Å². The van der Waals surface area contributed by atoms with E-state index in [1.54, 1.807) is 0 Å². The van der Waals surface area contributed by atoms with Gasteiger partial charge in [0, 0.05) is 5.38 Å². The quantitative estimate of drug-likeness (QED) is 0.526. The highest BCUT2D eigenvalue weighted by atomic mass is 35.5. The first kappa shape index (κ1) is 21.7. The van der Waals surface area contributed by atoms with Crippen LogP contribution in [0.25, 0.3) is 0 Å². The molecule has 0 saturated carbocycles. The summed E-state index contributed by atoms with van der Waals surface area (Å²) >= 11 is 4.05. The van der Waals surface area contributed by atoms with Gasteiger partial charge in [0.05, 0.1) is 5.69 Å². The van der Waals surface area contributed by atoms with Crippen molar-refractivity contribution >= 4 is 34.0 Å². The van der Waals surface area contributed by atoms with Gasteiger partial charge in [-0.05, 0) is 18.5 Å². The Morgan fingerprint density at radius 2 is 1.48 bits per heavy atom. The number of thiazole rings is 1. The first-order valence-corrected chi connectivity index (χ1v) is 6.97. The molecule has 1 aromatic rings. The second-order valence-corrected chi connectivity index (χ2v) is 5.88. The first-order valence-electron chi connectivity index (χ1n) is 5.71. The summed E-state index contributed by atoms with van der Waals surface area (Å²) < 4.78 is 130. The van der Waals surface area contributed by atoms with E-state index < -0.39 is 40.1 Å². The molecule has 0 bridgehead atoms. The highest BCUT2D eigenvalue weighted by Gasteiger charge is 2.87. The Bertz CT molecular complexity index is 656. The van der Waals surface area contributed by atoms with E-state index in [1.165, 1.54) is 6.92 Å². The van der Waals surface area contributed by atoms with Crippen molar-refractivity contribution in [1.82, 2.24) is 4.98 Å². The number of aryl methyl sites for hydroxylation is 1. The molecule has 3 nitrogen and oxygen atoms in total. The number of hydrogen-bond donors (Lipinski definition) is 1. The molecule has 0 unspecified atom stereocenters. The van der Waals surface area contributed by atoms with Gasteiger partial charge in [-0.3, -0.25) is 10.1 Å². The van der Waals surface area contributed by atoms with Crippen LogP contribution in [0.4, 0.5) is 49.0 Å². The van der Waals surface area contributed by atoms with Gasteiger partial charge in [-0.1, -0.05) is 0 Å². The molecule has 0 fully saturated rings. The smallest absolute Gasteiger partial charge is 0.296 e. The van der Waals surface area contributed by atoms with E-state index in [4.69, 9.17) is 0 Å². The molecule has 0 aromatic carbocycles. The average Bonchev–Trinajstić information content (AvgIpc) is 2.81. The molecular weight excluding hydrogens is 422 g/mol. The van der Waals surface area contributed by atoms with Crippen molar-refractivity contribution in [1.29, 1.82) is 0 Å². The molecule has 1 heterocycles. The van der Waals surface area contributed by atoms with Crippen LogP contribution in [0.15, 0.2) is 5.38 Å². The molecule has 1 N–H and O–H groups in total. The topological polar surface area (TPSA) is 42.0 Å². The highest BCUT2D eigenvalue weighted by molar-refractivity contribution is 7.13. The van der Waals surface area contributed by atoms with E-state index in [9.17, 15) is 48.7 Å². The van der Waals surface area contributed by atoms with Crippen LogP contribution < -0.4 is 5.32 Å². The predicted molar refractivity (Wildman–Crippen MR) is 66.1 cm³/mol. The lowest BCUT2D eigenvalue weighted by atomic mass is 9.98. The van der Waals surface area contributed by atoms with Gasteiger partial charge in [0.15, 0.2) is 5.13 Å². The molecule has 1 amide bonds. The number of hydrogen-bond acceptors (Lipinski definition) is 3. The van der Waals surface area contributed by atoms with Crippen LogP contribution in [-0.4, -0.2) is 40.0 Å². The Morgan fingerprint density at radius 1 is 1.00 bits per heavy atom. The number of amides is 1. The van der Waals surface area contributed by atoms with Crippen molar-refractivity contribution < 1.29 is 48.7 Å². The fourth-order valence-electron chi connectivity index (χ4n) is 1.30. The minimum absolute atomic E-state index is 0.119. The fourth-order valence-corrected chi connectivity index (χ4v) is 2.10. The molecule has 15 heteroatoms. The van der Waals surface area contributed by atoms with E-state index >= 15 is 0 Å². The van der Waals surface area contributed by atoms with Gasteiger partial charge in [-0.2, -0.15) is 43.9 Å². The lowest BCUT2D eigenvalue weighted by Crippen LogP contribution is -2.68. The third-order valence-electron chi connectivity index (χ3n) is 2.66. The minimum atomic E-state index is -7.38. The second-order valence-electron chi connectivity index (χ2n) is 4.54. The van der Waals surface area contributed by atoms with Gasteiger partial charge >= 0.3 is 35.0 Å². The molecule has 0 atom stereocenters. The number of alkyl halides is 11. The third-order valence-corrected chi connectivity index (χ3v) is 3.78. The molecule has 0 aliphatic rings. The molecule has 0 radical (unpaired) electrons. The summed E-state index contributed by atoms with van der Waals surface area (Å²) in [5.41, 5.74) is 0.119. The molecule has 0 spiro atoms. The lowest BCUT2D eigenvalue weighted by Gasteiger charge is -2.37. The van der Waals surface area contributed by atoms with E-state index in [0.29, 0.717) is 11.3 Å². The maximum absolute atomic E-state index is 13.4. The van der Waals surface area contributed by atoms with Crippen LogP contribution in [0.5, 0.6) is 0 Å². The summed E-state index contributed by atoms with van der Waals surface area (Å²) in [5.74, 6) is -31.4. The van der Waals surface area contributed by atoms with Gasteiger partial charge in [0.2, 0.25) is 0 Å². The Morgan fingerprint density at radius 3 is 1.84 bits per heavy atom. The van der Waals surface area contributed by atoms with Gasteiger partial charge in [0.1, 0.15) is 0 Å². The normalized spacial score (nSPS) is 14.6. The molecular formula is C10H5ClF10N2OS. The van der Waals surface area contributed by atoms with Gasteiger partial charge in [0.25, 0.3) is 0 Å². The number of anilines is 1. The molecule has 0 aliphatic carbocycles. The first-order chi connectivity index (χ1) is 10.9. The van der Waals surface area contributed by atoms with Crippen molar-refractivity contribution in [3.63, 3.8) is 0 Å². The monoisotopic (exact) mass is 426 g/mol. The van der Waals surface area contributed by atoms with Crippen LogP contribution in [0.2, 0.25) is 0 Å².